The number of rotatable bonds is 4. The van der Waals surface area contributed by atoms with E-state index in [1.54, 1.807) is 0 Å². The molecule has 3 rings (SSSR count). The molecule has 0 saturated carbocycles. The molecule has 0 spiro atoms. The molecule has 1 aromatic heterocycles. The smallest absolute Gasteiger partial charge is 0.257 e. The lowest BCUT2D eigenvalue weighted by Gasteiger charge is -2.22. The van der Waals surface area contributed by atoms with Crippen molar-refractivity contribution in [1.29, 1.82) is 0 Å². The van der Waals surface area contributed by atoms with Gasteiger partial charge in [-0.25, -0.2) is 18.2 Å². The molecule has 1 fully saturated rings. The maximum absolute atomic E-state index is 13.6. The summed E-state index contributed by atoms with van der Waals surface area (Å²) in [5, 5.41) is 2.18. The predicted molar refractivity (Wildman–Crippen MR) is 83.0 cm³/mol. The Hall–Kier alpha value is -2.61. The number of carbonyl (C=O) groups excluding carboxylic acids is 1. The Morgan fingerprint density at radius 3 is 2.56 bits per heavy atom. The van der Waals surface area contributed by atoms with Crippen LogP contribution in [0.25, 0.3) is 0 Å². The zero-order valence-electron chi connectivity index (χ0n) is 13.1. The lowest BCUT2D eigenvalue weighted by molar-refractivity contribution is 0.0237. The van der Waals surface area contributed by atoms with Gasteiger partial charge in [-0.3, -0.25) is 4.79 Å². The molecule has 0 unspecified atom stereocenters. The van der Waals surface area contributed by atoms with Crippen LogP contribution in [-0.4, -0.2) is 30.2 Å². The second kappa shape index (κ2) is 7.52. The Balaban J connectivity index is 1.65. The lowest BCUT2D eigenvalue weighted by atomic mass is 10.1. The van der Waals surface area contributed by atoms with Crippen molar-refractivity contribution >= 4 is 11.6 Å². The molecule has 132 valence electrons. The first-order chi connectivity index (χ1) is 12.0. The summed E-state index contributed by atoms with van der Waals surface area (Å²) in [4.78, 5) is 16.1. The summed E-state index contributed by atoms with van der Waals surface area (Å²) >= 11 is 0. The highest BCUT2D eigenvalue weighted by molar-refractivity contribution is 6.04. The fourth-order valence-electron chi connectivity index (χ4n) is 2.37. The van der Waals surface area contributed by atoms with Gasteiger partial charge in [0.2, 0.25) is 5.88 Å². The van der Waals surface area contributed by atoms with Crippen LogP contribution in [-0.2, 0) is 4.74 Å². The van der Waals surface area contributed by atoms with Gasteiger partial charge in [-0.2, -0.15) is 0 Å². The van der Waals surface area contributed by atoms with Gasteiger partial charge < -0.3 is 14.8 Å². The Labute approximate surface area is 141 Å². The van der Waals surface area contributed by atoms with Crippen LogP contribution in [0, 0.1) is 17.5 Å². The molecule has 5 nitrogen and oxygen atoms in total. The van der Waals surface area contributed by atoms with Crippen molar-refractivity contribution in [3.63, 3.8) is 0 Å². The van der Waals surface area contributed by atoms with Crippen LogP contribution in [0.2, 0.25) is 0 Å². The quantitative estimate of drug-likeness (QED) is 0.858. The summed E-state index contributed by atoms with van der Waals surface area (Å²) in [6, 6.07) is 4.65. The largest absolute Gasteiger partial charge is 0.474 e. The Morgan fingerprint density at radius 1 is 1.12 bits per heavy atom. The molecule has 0 atom stereocenters. The first-order valence-electron chi connectivity index (χ1n) is 7.70. The molecule has 1 amide bonds. The maximum atomic E-state index is 13.6. The van der Waals surface area contributed by atoms with Gasteiger partial charge in [-0.15, -0.1) is 0 Å². The minimum atomic E-state index is -1.64. The highest BCUT2D eigenvalue weighted by Crippen LogP contribution is 2.21. The van der Waals surface area contributed by atoms with Crippen molar-refractivity contribution in [3.05, 3.63) is 53.5 Å². The van der Waals surface area contributed by atoms with E-state index < -0.39 is 29.0 Å². The average Bonchev–Trinajstić information content (AvgIpc) is 2.63. The van der Waals surface area contributed by atoms with E-state index in [4.69, 9.17) is 9.47 Å². The van der Waals surface area contributed by atoms with Crippen LogP contribution in [0.15, 0.2) is 30.5 Å². The van der Waals surface area contributed by atoms with Gasteiger partial charge in [0.15, 0.2) is 17.5 Å². The van der Waals surface area contributed by atoms with Gasteiger partial charge in [0.05, 0.1) is 24.5 Å². The molecule has 2 aromatic rings. The first-order valence-corrected chi connectivity index (χ1v) is 7.70. The minimum absolute atomic E-state index is 0.0113. The number of amides is 1. The molecule has 1 saturated heterocycles. The summed E-state index contributed by atoms with van der Waals surface area (Å²) in [6.07, 6.45) is 2.80. The fraction of sp³-hybridized carbons (Fsp3) is 0.294. The van der Waals surface area contributed by atoms with Crippen LogP contribution in [0.4, 0.5) is 18.9 Å². The van der Waals surface area contributed by atoms with Gasteiger partial charge in [-0.1, -0.05) is 0 Å². The second-order valence-corrected chi connectivity index (χ2v) is 5.49. The van der Waals surface area contributed by atoms with E-state index in [2.05, 4.69) is 10.3 Å². The highest BCUT2D eigenvalue weighted by Gasteiger charge is 2.18. The van der Waals surface area contributed by atoms with E-state index >= 15 is 0 Å². The topological polar surface area (TPSA) is 60.5 Å². The number of carbonyl (C=O) groups is 1. The molecule has 1 aromatic carbocycles. The van der Waals surface area contributed by atoms with Crippen LogP contribution >= 0.6 is 0 Å². The summed E-state index contributed by atoms with van der Waals surface area (Å²) in [5.41, 5.74) is -0.324. The Bertz CT molecular complexity index is 762. The van der Waals surface area contributed by atoms with Crippen molar-refractivity contribution in [3.8, 4) is 5.88 Å². The van der Waals surface area contributed by atoms with Gasteiger partial charge in [0.25, 0.3) is 5.91 Å². The van der Waals surface area contributed by atoms with Crippen LogP contribution in [0.5, 0.6) is 5.88 Å². The summed E-state index contributed by atoms with van der Waals surface area (Å²) in [7, 11) is 0. The Kier molecular flexibility index (Phi) is 5.18. The first kappa shape index (κ1) is 17.2. The number of halogens is 3. The lowest BCUT2D eigenvalue weighted by Crippen LogP contribution is -2.26. The molecule has 25 heavy (non-hydrogen) atoms. The SMILES string of the molecule is O=C(Nc1ccc(F)c(F)c1F)c1ccc(OC2CCOCC2)nc1. The van der Waals surface area contributed by atoms with Crippen molar-refractivity contribution < 1.29 is 27.4 Å². The summed E-state index contributed by atoms with van der Waals surface area (Å²) < 4.78 is 50.6. The second-order valence-electron chi connectivity index (χ2n) is 5.49. The van der Waals surface area contributed by atoms with Crippen LogP contribution < -0.4 is 10.1 Å². The predicted octanol–water partition coefficient (Wildman–Crippen LogP) is 3.31. The molecular weight excluding hydrogens is 337 g/mol. The standard InChI is InChI=1S/C17H15F3N2O3/c18-12-2-3-13(16(20)15(12)19)22-17(23)10-1-4-14(21-9-10)25-11-5-7-24-8-6-11/h1-4,9,11H,5-8H2,(H,22,23). The van der Waals surface area contributed by atoms with E-state index in [0.717, 1.165) is 25.0 Å². The molecule has 0 bridgehead atoms. The number of benzene rings is 1. The van der Waals surface area contributed by atoms with Crippen LogP contribution in [0.3, 0.4) is 0 Å². The van der Waals surface area contributed by atoms with E-state index in [-0.39, 0.29) is 11.7 Å². The maximum Gasteiger partial charge on any atom is 0.257 e. The van der Waals surface area contributed by atoms with Gasteiger partial charge >= 0.3 is 0 Å². The molecule has 8 heteroatoms. The number of ether oxygens (including phenoxy) is 2. The number of hydrogen-bond donors (Lipinski definition) is 1. The van der Waals surface area contributed by atoms with E-state index in [1.807, 2.05) is 0 Å². The zero-order chi connectivity index (χ0) is 17.8. The highest BCUT2D eigenvalue weighted by atomic mass is 19.2. The third kappa shape index (κ3) is 4.08. The number of pyridine rings is 1. The number of nitrogens with zero attached hydrogens (tertiary/aromatic N) is 1. The average molecular weight is 352 g/mol. The fourth-order valence-corrected chi connectivity index (χ4v) is 2.37. The van der Waals surface area contributed by atoms with Crippen molar-refractivity contribution in [2.24, 2.45) is 0 Å². The number of hydrogen-bond acceptors (Lipinski definition) is 4. The number of aromatic nitrogens is 1. The molecule has 0 radical (unpaired) electrons. The number of nitrogens with one attached hydrogen (secondary N) is 1. The van der Waals surface area contributed by atoms with Crippen molar-refractivity contribution in [2.45, 2.75) is 18.9 Å². The summed E-state index contributed by atoms with van der Waals surface area (Å²) in [6.45, 7) is 1.26. The van der Waals surface area contributed by atoms with Crippen molar-refractivity contribution in [1.82, 2.24) is 4.98 Å². The summed E-state index contributed by atoms with van der Waals surface area (Å²) in [5.74, 6) is -4.76. The molecule has 1 aliphatic rings. The van der Waals surface area contributed by atoms with Gasteiger partial charge in [-0.05, 0) is 18.2 Å². The third-order valence-electron chi connectivity index (χ3n) is 3.74. The zero-order valence-corrected chi connectivity index (χ0v) is 13.1. The van der Waals surface area contributed by atoms with Gasteiger partial charge in [0, 0.05) is 25.1 Å². The van der Waals surface area contributed by atoms with E-state index in [1.165, 1.54) is 18.3 Å². The monoisotopic (exact) mass is 352 g/mol. The number of anilines is 1. The van der Waals surface area contributed by atoms with E-state index in [0.29, 0.717) is 19.1 Å². The normalized spacial score (nSPS) is 15.0. The van der Waals surface area contributed by atoms with Crippen molar-refractivity contribution in [2.75, 3.05) is 18.5 Å². The molecule has 1 N–H and O–H groups in total. The molecule has 0 aliphatic carbocycles. The third-order valence-corrected chi connectivity index (χ3v) is 3.74. The minimum Gasteiger partial charge on any atom is -0.474 e. The van der Waals surface area contributed by atoms with E-state index in [9.17, 15) is 18.0 Å². The van der Waals surface area contributed by atoms with Crippen LogP contribution in [0.1, 0.15) is 23.2 Å². The van der Waals surface area contributed by atoms with Gasteiger partial charge in [0.1, 0.15) is 6.10 Å². The Morgan fingerprint density at radius 2 is 1.88 bits per heavy atom. The molecule has 2 heterocycles. The molecule has 1 aliphatic heterocycles. The molecular formula is C17H15F3N2O3.